The molecule has 0 radical (unpaired) electrons. The lowest BCUT2D eigenvalue weighted by Gasteiger charge is -2.05. The van der Waals surface area contributed by atoms with Gasteiger partial charge in [-0.25, -0.2) is 0 Å². The van der Waals surface area contributed by atoms with Crippen molar-refractivity contribution >= 4 is 6.29 Å². The fourth-order valence-corrected chi connectivity index (χ4v) is 1.20. The number of ether oxygens (including phenoxy) is 1. The van der Waals surface area contributed by atoms with E-state index < -0.39 is 0 Å². The summed E-state index contributed by atoms with van der Waals surface area (Å²) in [6, 6.07) is 7.17. The van der Waals surface area contributed by atoms with E-state index in [-0.39, 0.29) is 0 Å². The number of nitriles is 1. The van der Waals surface area contributed by atoms with Gasteiger partial charge >= 0.3 is 0 Å². The van der Waals surface area contributed by atoms with Crippen LogP contribution >= 0.6 is 0 Å². The lowest BCUT2D eigenvalue weighted by atomic mass is 10.1. The molecule has 1 aromatic carbocycles. The minimum atomic E-state index is 0.293. The first-order valence-corrected chi connectivity index (χ1v) is 4.39. The molecule has 1 aromatic rings. The number of hydrogen-bond donors (Lipinski definition) is 0. The minimum Gasteiger partial charge on any atom is -0.494 e. The third-order valence-corrected chi connectivity index (χ3v) is 1.72. The minimum absolute atomic E-state index is 0.293. The summed E-state index contributed by atoms with van der Waals surface area (Å²) >= 11 is 0. The van der Waals surface area contributed by atoms with Crippen molar-refractivity contribution in [1.82, 2.24) is 0 Å². The van der Waals surface area contributed by atoms with Gasteiger partial charge in [0.25, 0.3) is 0 Å². The summed E-state index contributed by atoms with van der Waals surface area (Å²) in [4.78, 5) is 10.6. The van der Waals surface area contributed by atoms with Gasteiger partial charge in [0.15, 0.2) is 0 Å². The van der Waals surface area contributed by atoms with Gasteiger partial charge in [-0.3, -0.25) is 4.79 Å². The number of aldehydes is 1. The normalized spacial score (nSPS) is 9.14. The van der Waals surface area contributed by atoms with E-state index in [4.69, 9.17) is 10.00 Å². The molecule has 0 unspecified atom stereocenters. The van der Waals surface area contributed by atoms with Crippen LogP contribution < -0.4 is 4.74 Å². The van der Waals surface area contributed by atoms with Gasteiger partial charge in [0.05, 0.1) is 19.1 Å². The number of rotatable bonds is 4. The smallest absolute Gasteiger partial charge is 0.150 e. The Morgan fingerprint density at radius 1 is 1.50 bits per heavy atom. The third kappa shape index (κ3) is 2.60. The van der Waals surface area contributed by atoms with E-state index in [1.54, 1.807) is 18.2 Å². The molecule has 0 amide bonds. The molecule has 0 aliphatic heterocycles. The first-order chi connectivity index (χ1) is 6.80. The van der Waals surface area contributed by atoms with Gasteiger partial charge in [-0.05, 0) is 30.7 Å². The molecule has 0 aliphatic rings. The van der Waals surface area contributed by atoms with Crippen LogP contribution in [0.3, 0.4) is 0 Å². The molecule has 0 aliphatic carbocycles. The van der Waals surface area contributed by atoms with Crippen LogP contribution in [-0.2, 0) is 6.42 Å². The van der Waals surface area contributed by atoms with E-state index in [2.05, 4.69) is 0 Å². The van der Waals surface area contributed by atoms with Gasteiger partial charge in [-0.15, -0.1) is 0 Å². The second-order valence-electron chi connectivity index (χ2n) is 2.80. The number of carbonyl (C=O) groups is 1. The Bertz CT molecular complexity index is 366. The van der Waals surface area contributed by atoms with Crippen molar-refractivity contribution in [3.05, 3.63) is 29.3 Å². The van der Waals surface area contributed by atoms with Crippen molar-refractivity contribution in [2.24, 2.45) is 0 Å². The quantitative estimate of drug-likeness (QED) is 0.680. The predicted octanol–water partition coefficient (Wildman–Crippen LogP) is 1.96. The van der Waals surface area contributed by atoms with Crippen LogP contribution in [0.5, 0.6) is 5.75 Å². The molecule has 14 heavy (non-hydrogen) atoms. The highest BCUT2D eigenvalue weighted by molar-refractivity contribution is 5.76. The maximum atomic E-state index is 10.6. The van der Waals surface area contributed by atoms with E-state index in [1.807, 2.05) is 13.0 Å². The maximum absolute atomic E-state index is 10.6. The van der Waals surface area contributed by atoms with Gasteiger partial charge in [0, 0.05) is 5.56 Å². The average molecular weight is 189 g/mol. The molecule has 0 saturated carbocycles. The van der Waals surface area contributed by atoms with Crippen molar-refractivity contribution in [1.29, 1.82) is 5.26 Å². The Morgan fingerprint density at radius 3 is 2.86 bits per heavy atom. The molecule has 72 valence electrons. The molecule has 0 aromatic heterocycles. The summed E-state index contributed by atoms with van der Waals surface area (Å²) in [6.45, 7) is 2.42. The molecular formula is C11H11NO2. The molecule has 3 nitrogen and oxygen atoms in total. The zero-order chi connectivity index (χ0) is 10.4. The molecule has 1 rings (SSSR count). The number of carbonyl (C=O) groups excluding carboxylic acids is 1. The molecule has 0 atom stereocenters. The summed E-state index contributed by atoms with van der Waals surface area (Å²) in [7, 11) is 0. The fraction of sp³-hybridized carbons (Fsp3) is 0.273. The third-order valence-electron chi connectivity index (χ3n) is 1.72. The molecule has 0 fully saturated rings. The predicted molar refractivity (Wildman–Crippen MR) is 52.3 cm³/mol. The Hall–Kier alpha value is -1.82. The van der Waals surface area contributed by atoms with Crippen molar-refractivity contribution in [3.63, 3.8) is 0 Å². The molecular weight excluding hydrogens is 178 g/mol. The van der Waals surface area contributed by atoms with Gasteiger partial charge in [0.1, 0.15) is 12.0 Å². The van der Waals surface area contributed by atoms with Crippen molar-refractivity contribution < 1.29 is 9.53 Å². The van der Waals surface area contributed by atoms with E-state index in [1.165, 1.54) is 0 Å². The SMILES string of the molecule is CCOc1cc(C=O)cc(CC#N)c1. The van der Waals surface area contributed by atoms with Crippen molar-refractivity contribution in [3.8, 4) is 11.8 Å². The topological polar surface area (TPSA) is 50.1 Å². The zero-order valence-electron chi connectivity index (χ0n) is 7.99. The number of hydrogen-bond acceptors (Lipinski definition) is 3. The zero-order valence-corrected chi connectivity index (χ0v) is 7.99. The summed E-state index contributed by atoms with van der Waals surface area (Å²) in [5, 5.41) is 8.52. The largest absolute Gasteiger partial charge is 0.494 e. The van der Waals surface area contributed by atoms with Crippen LogP contribution in [0.2, 0.25) is 0 Å². The van der Waals surface area contributed by atoms with E-state index >= 15 is 0 Å². The van der Waals surface area contributed by atoms with E-state index in [9.17, 15) is 4.79 Å². The van der Waals surface area contributed by atoms with Gasteiger partial charge in [0.2, 0.25) is 0 Å². The highest BCUT2D eigenvalue weighted by Gasteiger charge is 2.00. The second kappa shape index (κ2) is 5.03. The molecule has 0 N–H and O–H groups in total. The van der Waals surface area contributed by atoms with Gasteiger partial charge in [-0.2, -0.15) is 5.26 Å². The molecule has 0 spiro atoms. The van der Waals surface area contributed by atoms with Crippen molar-refractivity contribution in [2.75, 3.05) is 6.61 Å². The Balaban J connectivity index is 3.01. The number of benzene rings is 1. The lowest BCUT2D eigenvalue weighted by molar-refractivity contribution is 0.112. The summed E-state index contributed by atoms with van der Waals surface area (Å²) in [5.41, 5.74) is 1.35. The van der Waals surface area contributed by atoms with Crippen molar-refractivity contribution in [2.45, 2.75) is 13.3 Å². The average Bonchev–Trinajstić information content (AvgIpc) is 2.18. The van der Waals surface area contributed by atoms with Crippen LogP contribution in [0.4, 0.5) is 0 Å². The molecule has 0 saturated heterocycles. The first-order valence-electron chi connectivity index (χ1n) is 4.39. The first kappa shape index (κ1) is 10.3. The Morgan fingerprint density at radius 2 is 2.29 bits per heavy atom. The van der Waals surface area contributed by atoms with E-state index in [0.717, 1.165) is 11.8 Å². The van der Waals surface area contributed by atoms with Crippen LogP contribution in [0, 0.1) is 11.3 Å². The summed E-state index contributed by atoms with van der Waals surface area (Å²) < 4.78 is 5.27. The Labute approximate surface area is 82.9 Å². The van der Waals surface area contributed by atoms with E-state index in [0.29, 0.717) is 24.3 Å². The van der Waals surface area contributed by atoms with Crippen LogP contribution in [0.1, 0.15) is 22.8 Å². The van der Waals surface area contributed by atoms with Crippen LogP contribution in [0.25, 0.3) is 0 Å². The Kier molecular flexibility index (Phi) is 3.69. The standard InChI is InChI=1S/C11H11NO2/c1-2-14-11-6-9(3-4-12)5-10(7-11)8-13/h5-8H,2-3H2,1H3. The van der Waals surface area contributed by atoms with Crippen LogP contribution in [-0.4, -0.2) is 12.9 Å². The highest BCUT2D eigenvalue weighted by atomic mass is 16.5. The fourth-order valence-electron chi connectivity index (χ4n) is 1.20. The van der Waals surface area contributed by atoms with Gasteiger partial charge < -0.3 is 4.74 Å². The molecule has 0 bridgehead atoms. The molecule has 3 heteroatoms. The molecule has 0 heterocycles. The highest BCUT2D eigenvalue weighted by Crippen LogP contribution is 2.16. The van der Waals surface area contributed by atoms with Crippen LogP contribution in [0.15, 0.2) is 18.2 Å². The second-order valence-corrected chi connectivity index (χ2v) is 2.80. The van der Waals surface area contributed by atoms with Gasteiger partial charge in [-0.1, -0.05) is 0 Å². The monoisotopic (exact) mass is 189 g/mol. The summed E-state index contributed by atoms with van der Waals surface area (Å²) in [5.74, 6) is 0.641. The summed E-state index contributed by atoms with van der Waals surface area (Å²) in [6.07, 6.45) is 1.05. The lowest BCUT2D eigenvalue weighted by Crippen LogP contribution is -1.94. The number of nitrogens with zero attached hydrogens (tertiary/aromatic N) is 1. The maximum Gasteiger partial charge on any atom is 0.150 e.